The molecule has 0 amide bonds. The first-order valence-corrected chi connectivity index (χ1v) is 4.19. The molecule has 1 rings (SSSR count). The summed E-state index contributed by atoms with van der Waals surface area (Å²) in [6.07, 6.45) is 0. The van der Waals surface area contributed by atoms with Crippen LogP contribution in [0.4, 0.5) is 0 Å². The monoisotopic (exact) mass is 210 g/mol. The Hall–Kier alpha value is -2.04. The van der Waals surface area contributed by atoms with Gasteiger partial charge in [-0.15, -0.1) is 0 Å². The van der Waals surface area contributed by atoms with Crippen LogP contribution < -0.4 is 4.74 Å². The molecule has 0 aromatic heterocycles. The maximum Gasteiger partial charge on any atom is 0.341 e. The molecule has 0 unspecified atom stereocenters. The molecule has 0 aliphatic heterocycles. The zero-order valence-corrected chi connectivity index (χ0v) is 8.06. The lowest BCUT2D eigenvalue weighted by molar-refractivity contribution is -0.139. The van der Waals surface area contributed by atoms with E-state index >= 15 is 0 Å². The predicted molar refractivity (Wildman–Crippen MR) is 51.3 cm³/mol. The first-order valence-electron chi connectivity index (χ1n) is 4.19. The molecule has 0 heterocycles. The van der Waals surface area contributed by atoms with Crippen LogP contribution in [0.3, 0.4) is 0 Å². The third-order valence-corrected chi connectivity index (χ3v) is 1.80. The Balaban J connectivity index is 2.87. The number of carbonyl (C=O) groups is 2. The van der Waals surface area contributed by atoms with E-state index < -0.39 is 18.5 Å². The summed E-state index contributed by atoms with van der Waals surface area (Å²) in [5.41, 5.74) is 0.711. The maximum atomic E-state index is 10.7. The molecule has 0 bridgehead atoms. The average molecular weight is 210 g/mol. The van der Waals surface area contributed by atoms with Crippen molar-refractivity contribution < 1.29 is 24.5 Å². The van der Waals surface area contributed by atoms with Gasteiger partial charge in [0, 0.05) is 0 Å². The van der Waals surface area contributed by atoms with Crippen LogP contribution in [0.15, 0.2) is 18.2 Å². The molecule has 0 saturated carbocycles. The number of carboxylic acids is 2. The Morgan fingerprint density at radius 2 is 2.00 bits per heavy atom. The lowest BCUT2D eigenvalue weighted by atomic mass is 10.1. The molecule has 0 fully saturated rings. The summed E-state index contributed by atoms with van der Waals surface area (Å²) in [6, 6.07) is 4.41. The van der Waals surface area contributed by atoms with Gasteiger partial charge in [0.25, 0.3) is 0 Å². The number of hydrogen-bond acceptors (Lipinski definition) is 3. The Morgan fingerprint density at radius 1 is 1.33 bits per heavy atom. The molecular weight excluding hydrogens is 200 g/mol. The third kappa shape index (κ3) is 2.98. The molecule has 0 aliphatic rings. The Labute approximate surface area is 85.9 Å². The summed E-state index contributed by atoms with van der Waals surface area (Å²) < 4.78 is 4.85. The van der Waals surface area contributed by atoms with E-state index in [2.05, 4.69) is 0 Å². The topological polar surface area (TPSA) is 83.8 Å². The van der Waals surface area contributed by atoms with Crippen LogP contribution in [0, 0.1) is 6.92 Å². The summed E-state index contributed by atoms with van der Waals surface area (Å²) in [5, 5.41) is 17.2. The zero-order chi connectivity index (χ0) is 11.4. The van der Waals surface area contributed by atoms with Crippen molar-refractivity contribution in [3.63, 3.8) is 0 Å². The van der Waals surface area contributed by atoms with Crippen molar-refractivity contribution in [3.05, 3.63) is 29.3 Å². The normalized spacial score (nSPS) is 9.67. The van der Waals surface area contributed by atoms with Gasteiger partial charge in [0.05, 0.1) is 5.56 Å². The van der Waals surface area contributed by atoms with Crippen LogP contribution in [0.5, 0.6) is 5.75 Å². The predicted octanol–water partition coefficient (Wildman–Crippen LogP) is 1.16. The second kappa shape index (κ2) is 4.45. The van der Waals surface area contributed by atoms with E-state index in [-0.39, 0.29) is 11.3 Å². The first-order chi connectivity index (χ1) is 7.00. The number of carboxylic acid groups (broad SMARTS) is 2. The van der Waals surface area contributed by atoms with Gasteiger partial charge in [0.2, 0.25) is 0 Å². The van der Waals surface area contributed by atoms with Gasteiger partial charge in [-0.25, -0.2) is 9.59 Å². The van der Waals surface area contributed by atoms with Gasteiger partial charge in [-0.3, -0.25) is 0 Å². The SMILES string of the molecule is Cc1ccc(OCC(=O)O)cc1C(=O)O. The second-order valence-electron chi connectivity index (χ2n) is 2.96. The molecule has 1 aromatic carbocycles. The van der Waals surface area contributed by atoms with Gasteiger partial charge in [-0.2, -0.15) is 0 Å². The van der Waals surface area contributed by atoms with E-state index in [1.165, 1.54) is 12.1 Å². The molecule has 0 saturated heterocycles. The molecule has 5 nitrogen and oxygen atoms in total. The molecular formula is C10H10O5. The highest BCUT2D eigenvalue weighted by molar-refractivity contribution is 5.89. The van der Waals surface area contributed by atoms with Crippen molar-refractivity contribution in [2.24, 2.45) is 0 Å². The fraction of sp³-hybridized carbons (Fsp3) is 0.200. The van der Waals surface area contributed by atoms with E-state index in [0.29, 0.717) is 5.56 Å². The summed E-state index contributed by atoms with van der Waals surface area (Å²) in [4.78, 5) is 21.0. The number of aromatic carboxylic acids is 1. The minimum atomic E-state index is -1.10. The molecule has 0 radical (unpaired) electrons. The highest BCUT2D eigenvalue weighted by Crippen LogP contribution is 2.17. The third-order valence-electron chi connectivity index (χ3n) is 1.80. The van der Waals surface area contributed by atoms with Crippen LogP contribution in [-0.4, -0.2) is 28.8 Å². The van der Waals surface area contributed by atoms with E-state index in [4.69, 9.17) is 14.9 Å². The van der Waals surface area contributed by atoms with Crippen molar-refractivity contribution >= 4 is 11.9 Å². The fourth-order valence-electron chi connectivity index (χ4n) is 1.07. The molecule has 80 valence electrons. The Bertz CT molecular complexity index is 397. The Kier molecular flexibility index (Phi) is 3.28. The highest BCUT2D eigenvalue weighted by atomic mass is 16.5. The lowest BCUT2D eigenvalue weighted by Gasteiger charge is -2.05. The smallest absolute Gasteiger partial charge is 0.341 e. The standard InChI is InChI=1S/C10H10O5/c1-6-2-3-7(15-5-9(11)12)4-8(6)10(13)14/h2-4H,5H2,1H3,(H,11,12)(H,13,14). The van der Waals surface area contributed by atoms with Crippen LogP contribution >= 0.6 is 0 Å². The van der Waals surface area contributed by atoms with Crippen molar-refractivity contribution in [2.75, 3.05) is 6.61 Å². The zero-order valence-electron chi connectivity index (χ0n) is 8.06. The maximum absolute atomic E-state index is 10.7. The summed E-state index contributed by atoms with van der Waals surface area (Å²) in [5.74, 6) is -1.93. The van der Waals surface area contributed by atoms with E-state index in [0.717, 1.165) is 0 Å². The van der Waals surface area contributed by atoms with Crippen molar-refractivity contribution in [3.8, 4) is 5.75 Å². The van der Waals surface area contributed by atoms with Gasteiger partial charge in [0.1, 0.15) is 5.75 Å². The second-order valence-corrected chi connectivity index (χ2v) is 2.96. The van der Waals surface area contributed by atoms with Crippen molar-refractivity contribution in [1.29, 1.82) is 0 Å². The number of ether oxygens (including phenoxy) is 1. The number of aliphatic carboxylic acids is 1. The minimum absolute atomic E-state index is 0.109. The largest absolute Gasteiger partial charge is 0.482 e. The van der Waals surface area contributed by atoms with E-state index in [9.17, 15) is 9.59 Å². The molecule has 0 atom stereocenters. The summed E-state index contributed by atoms with van der Waals surface area (Å²) in [6.45, 7) is 1.17. The van der Waals surface area contributed by atoms with E-state index in [1.807, 2.05) is 0 Å². The summed E-state index contributed by atoms with van der Waals surface area (Å²) >= 11 is 0. The molecule has 2 N–H and O–H groups in total. The van der Waals surface area contributed by atoms with Crippen molar-refractivity contribution in [2.45, 2.75) is 6.92 Å². The van der Waals surface area contributed by atoms with Gasteiger partial charge in [0.15, 0.2) is 6.61 Å². The molecule has 1 aromatic rings. The molecule has 0 spiro atoms. The quantitative estimate of drug-likeness (QED) is 0.778. The van der Waals surface area contributed by atoms with Gasteiger partial charge >= 0.3 is 11.9 Å². The van der Waals surface area contributed by atoms with Crippen molar-refractivity contribution in [1.82, 2.24) is 0 Å². The number of hydrogen-bond donors (Lipinski definition) is 2. The fourth-order valence-corrected chi connectivity index (χ4v) is 1.07. The highest BCUT2D eigenvalue weighted by Gasteiger charge is 2.08. The van der Waals surface area contributed by atoms with Crippen LogP contribution in [0.2, 0.25) is 0 Å². The van der Waals surface area contributed by atoms with Crippen LogP contribution in [0.1, 0.15) is 15.9 Å². The van der Waals surface area contributed by atoms with E-state index in [1.54, 1.807) is 13.0 Å². The summed E-state index contributed by atoms with van der Waals surface area (Å²) in [7, 11) is 0. The number of aryl methyl sites for hydroxylation is 1. The van der Waals surface area contributed by atoms with Crippen LogP contribution in [0.25, 0.3) is 0 Å². The van der Waals surface area contributed by atoms with Gasteiger partial charge in [-0.05, 0) is 24.6 Å². The molecule has 0 aliphatic carbocycles. The number of rotatable bonds is 4. The molecule has 5 heteroatoms. The van der Waals surface area contributed by atoms with Gasteiger partial charge in [-0.1, -0.05) is 6.07 Å². The molecule has 15 heavy (non-hydrogen) atoms. The lowest BCUT2D eigenvalue weighted by Crippen LogP contribution is -2.10. The van der Waals surface area contributed by atoms with Crippen LogP contribution in [-0.2, 0) is 4.79 Å². The van der Waals surface area contributed by atoms with Gasteiger partial charge < -0.3 is 14.9 Å². The average Bonchev–Trinajstić information content (AvgIpc) is 2.16. The Morgan fingerprint density at radius 3 is 2.53 bits per heavy atom. The minimum Gasteiger partial charge on any atom is -0.482 e. The first kappa shape index (κ1) is 11.0. The number of benzene rings is 1.